The lowest BCUT2D eigenvalue weighted by Gasteiger charge is -2.23. The van der Waals surface area contributed by atoms with Crippen LogP contribution in [0.5, 0.6) is 0 Å². The van der Waals surface area contributed by atoms with E-state index in [0.717, 1.165) is 32.1 Å². The summed E-state index contributed by atoms with van der Waals surface area (Å²) < 4.78 is 10.4. The minimum atomic E-state index is -1.21. The van der Waals surface area contributed by atoms with Gasteiger partial charge in [0.25, 0.3) is 0 Å². The fourth-order valence-corrected chi connectivity index (χ4v) is 2.67. The van der Waals surface area contributed by atoms with E-state index in [2.05, 4.69) is 12.2 Å². The average Bonchev–Trinajstić information content (AvgIpc) is 2.50. The van der Waals surface area contributed by atoms with Crippen molar-refractivity contribution < 1.29 is 29.0 Å². The molecule has 0 radical (unpaired) electrons. The number of carboxylic acids is 1. The molecular weight excluding hydrogens is 350 g/mol. The van der Waals surface area contributed by atoms with E-state index in [1.807, 2.05) is 6.92 Å². The van der Waals surface area contributed by atoms with Gasteiger partial charge in [0.05, 0.1) is 0 Å². The topological polar surface area (TPSA) is 102 Å². The van der Waals surface area contributed by atoms with Crippen LogP contribution >= 0.6 is 0 Å². The van der Waals surface area contributed by atoms with Crippen LogP contribution in [0.15, 0.2) is 11.8 Å². The normalized spacial score (nSPS) is 14.2. The first-order chi connectivity index (χ1) is 12.5. The third-order valence-electron chi connectivity index (χ3n) is 3.94. The van der Waals surface area contributed by atoms with Crippen LogP contribution in [-0.4, -0.2) is 34.8 Å². The van der Waals surface area contributed by atoms with Gasteiger partial charge in [0.2, 0.25) is 0 Å². The minimum absolute atomic E-state index is 0.170. The zero-order valence-electron chi connectivity index (χ0n) is 17.5. The number of hydrogen-bond acceptors (Lipinski definition) is 5. The number of carbonyl (C=O) groups excluding carboxylic acids is 2. The Balaban J connectivity index is 4.69. The number of rotatable bonds is 11. The molecule has 1 amide bonds. The molecule has 0 aromatic heterocycles. The van der Waals surface area contributed by atoms with Crippen molar-refractivity contribution in [2.45, 2.75) is 91.8 Å². The molecule has 0 aromatic rings. The molecule has 0 aliphatic rings. The van der Waals surface area contributed by atoms with Crippen LogP contribution in [0.25, 0.3) is 0 Å². The monoisotopic (exact) mass is 385 g/mol. The number of nitrogens with one attached hydrogen (secondary N) is 1. The fraction of sp³-hybridized carbons (Fsp3) is 0.750. The molecule has 0 spiro atoms. The molecule has 0 bridgehead atoms. The Hall–Kier alpha value is -2.05. The fourth-order valence-electron chi connectivity index (χ4n) is 2.67. The molecule has 2 N–H and O–H groups in total. The lowest BCUT2D eigenvalue weighted by atomic mass is 9.91. The molecule has 0 aromatic carbocycles. The van der Waals surface area contributed by atoms with Crippen molar-refractivity contribution in [1.82, 2.24) is 5.32 Å². The molecule has 2 atom stereocenters. The molecule has 0 fully saturated rings. The highest BCUT2D eigenvalue weighted by Crippen LogP contribution is 2.22. The Kier molecular flexibility index (Phi) is 11.4. The molecular formula is C20H35NO6. The molecule has 0 aliphatic heterocycles. The Labute approximate surface area is 162 Å². The molecule has 7 nitrogen and oxygen atoms in total. The van der Waals surface area contributed by atoms with Gasteiger partial charge in [0.1, 0.15) is 17.4 Å². The Morgan fingerprint density at radius 2 is 1.74 bits per heavy atom. The average molecular weight is 386 g/mol. The quantitative estimate of drug-likeness (QED) is 0.310. The second-order valence-electron chi connectivity index (χ2n) is 7.70. The zero-order chi connectivity index (χ0) is 21.0. The van der Waals surface area contributed by atoms with E-state index in [1.165, 1.54) is 13.0 Å². The first-order valence-electron chi connectivity index (χ1n) is 9.57. The lowest BCUT2D eigenvalue weighted by Crippen LogP contribution is -2.34. The molecule has 0 saturated heterocycles. The van der Waals surface area contributed by atoms with Crippen molar-refractivity contribution in [3.05, 3.63) is 11.8 Å². The number of aliphatic carboxylic acids is 1. The third-order valence-corrected chi connectivity index (χ3v) is 3.94. The van der Waals surface area contributed by atoms with Gasteiger partial charge in [-0.05, 0) is 59.3 Å². The first-order valence-corrected chi connectivity index (χ1v) is 9.57. The standard InChI is InChI=1S/C20H35NO6/c1-7-8-11-16(14(2)26-15(3)22)12-9-10-13-17(18(23)24)21-19(25)27-20(4,5)6/h13-14,16H,7-12H2,1-6H3,(H,21,25)(H,23,24)/t14-,16?/m0/s1. The van der Waals surface area contributed by atoms with Crippen LogP contribution in [0.1, 0.15) is 80.1 Å². The van der Waals surface area contributed by atoms with Crippen LogP contribution in [0.3, 0.4) is 0 Å². The van der Waals surface area contributed by atoms with Gasteiger partial charge in [-0.3, -0.25) is 10.1 Å². The maximum atomic E-state index is 11.7. The summed E-state index contributed by atoms with van der Waals surface area (Å²) in [6.45, 7) is 10.5. The van der Waals surface area contributed by atoms with Crippen molar-refractivity contribution in [2.75, 3.05) is 0 Å². The first kappa shape index (κ1) is 24.9. The number of hydrogen-bond donors (Lipinski definition) is 2. The molecule has 0 rings (SSSR count). The van der Waals surface area contributed by atoms with E-state index in [-0.39, 0.29) is 23.7 Å². The number of unbranched alkanes of at least 4 members (excludes halogenated alkanes) is 2. The molecule has 1 unspecified atom stereocenters. The van der Waals surface area contributed by atoms with Gasteiger partial charge in [-0.2, -0.15) is 0 Å². The summed E-state index contributed by atoms with van der Waals surface area (Å²) in [5, 5.41) is 11.5. The number of carboxylic acid groups (broad SMARTS) is 1. The van der Waals surface area contributed by atoms with Crippen LogP contribution < -0.4 is 5.32 Å². The van der Waals surface area contributed by atoms with E-state index in [1.54, 1.807) is 20.8 Å². The van der Waals surface area contributed by atoms with Crippen LogP contribution in [-0.2, 0) is 19.1 Å². The molecule has 7 heteroatoms. The predicted octanol–water partition coefficient (Wildman–Crippen LogP) is 4.41. The number of esters is 1. The molecule has 0 saturated carbocycles. The largest absolute Gasteiger partial charge is 0.477 e. The van der Waals surface area contributed by atoms with Gasteiger partial charge >= 0.3 is 18.0 Å². The molecule has 156 valence electrons. The highest BCUT2D eigenvalue weighted by molar-refractivity contribution is 5.90. The van der Waals surface area contributed by atoms with Crippen molar-refractivity contribution in [3.8, 4) is 0 Å². The SMILES string of the molecule is CCCCC(CCCC=C(NC(=O)OC(C)(C)C)C(=O)O)[C@H](C)OC(C)=O. The molecule has 0 aliphatic carbocycles. The van der Waals surface area contributed by atoms with Gasteiger partial charge < -0.3 is 14.6 Å². The lowest BCUT2D eigenvalue weighted by molar-refractivity contribution is -0.148. The third kappa shape index (κ3) is 12.9. The summed E-state index contributed by atoms with van der Waals surface area (Å²) in [4.78, 5) is 34.2. The number of ether oxygens (including phenoxy) is 2. The van der Waals surface area contributed by atoms with Crippen LogP contribution in [0.4, 0.5) is 4.79 Å². The molecule has 27 heavy (non-hydrogen) atoms. The van der Waals surface area contributed by atoms with Crippen molar-refractivity contribution in [2.24, 2.45) is 5.92 Å². The Morgan fingerprint density at radius 3 is 2.22 bits per heavy atom. The number of carbonyl (C=O) groups is 3. The van der Waals surface area contributed by atoms with Gasteiger partial charge in [-0.1, -0.05) is 25.8 Å². The summed E-state index contributed by atoms with van der Waals surface area (Å²) in [6.07, 6.45) is 5.62. The second-order valence-corrected chi connectivity index (χ2v) is 7.70. The summed E-state index contributed by atoms with van der Waals surface area (Å²) >= 11 is 0. The predicted molar refractivity (Wildman–Crippen MR) is 103 cm³/mol. The number of amides is 1. The minimum Gasteiger partial charge on any atom is -0.477 e. The summed E-state index contributed by atoms with van der Waals surface area (Å²) in [5.74, 6) is -1.27. The van der Waals surface area contributed by atoms with Crippen molar-refractivity contribution >= 4 is 18.0 Å². The highest BCUT2D eigenvalue weighted by atomic mass is 16.6. The van der Waals surface area contributed by atoms with Crippen molar-refractivity contribution in [3.63, 3.8) is 0 Å². The summed E-state index contributed by atoms with van der Waals surface area (Å²) in [7, 11) is 0. The van der Waals surface area contributed by atoms with Gasteiger partial charge in [-0.15, -0.1) is 0 Å². The van der Waals surface area contributed by atoms with Gasteiger partial charge in [0, 0.05) is 6.92 Å². The van der Waals surface area contributed by atoms with E-state index in [0.29, 0.717) is 6.42 Å². The van der Waals surface area contributed by atoms with Gasteiger partial charge in [0.15, 0.2) is 0 Å². The maximum absolute atomic E-state index is 11.7. The second kappa shape index (κ2) is 12.4. The molecule has 0 heterocycles. The number of allylic oxidation sites excluding steroid dienone is 1. The zero-order valence-corrected chi connectivity index (χ0v) is 17.5. The Bertz CT molecular complexity index is 521. The van der Waals surface area contributed by atoms with E-state index in [9.17, 15) is 19.5 Å². The summed E-state index contributed by atoms with van der Waals surface area (Å²) in [5.41, 5.74) is -0.894. The van der Waals surface area contributed by atoms with Crippen molar-refractivity contribution in [1.29, 1.82) is 0 Å². The number of alkyl carbamates (subject to hydrolysis) is 1. The van der Waals surface area contributed by atoms with E-state index >= 15 is 0 Å². The highest BCUT2D eigenvalue weighted by Gasteiger charge is 2.20. The van der Waals surface area contributed by atoms with Crippen LogP contribution in [0.2, 0.25) is 0 Å². The van der Waals surface area contributed by atoms with E-state index in [4.69, 9.17) is 9.47 Å². The smallest absolute Gasteiger partial charge is 0.412 e. The van der Waals surface area contributed by atoms with Gasteiger partial charge in [-0.25, -0.2) is 9.59 Å². The van der Waals surface area contributed by atoms with Crippen LogP contribution in [0, 0.1) is 5.92 Å². The summed E-state index contributed by atoms with van der Waals surface area (Å²) in [6, 6.07) is 0. The Morgan fingerprint density at radius 1 is 1.15 bits per heavy atom. The maximum Gasteiger partial charge on any atom is 0.412 e. The van der Waals surface area contributed by atoms with E-state index < -0.39 is 17.7 Å².